The molecule has 29 heavy (non-hydrogen) atoms. The van der Waals surface area contributed by atoms with Gasteiger partial charge in [-0.15, -0.1) is 0 Å². The third kappa shape index (κ3) is 4.17. The molecule has 2 saturated heterocycles. The predicted octanol–water partition coefficient (Wildman–Crippen LogP) is 4.38. The quantitative estimate of drug-likeness (QED) is 0.521. The van der Waals surface area contributed by atoms with Crippen LogP contribution < -0.4 is 4.90 Å². The Morgan fingerprint density at radius 3 is 2.86 bits per heavy atom. The van der Waals surface area contributed by atoms with Crippen LogP contribution in [0, 0.1) is 6.92 Å². The second-order valence-electron chi connectivity index (χ2n) is 7.33. The number of morpholine rings is 1. The number of hydrogen-bond acceptors (Lipinski definition) is 6. The number of anilines is 1. The van der Waals surface area contributed by atoms with Gasteiger partial charge in [0, 0.05) is 30.6 Å². The van der Waals surface area contributed by atoms with Crippen molar-refractivity contribution in [3.63, 3.8) is 0 Å². The van der Waals surface area contributed by atoms with Crippen LogP contribution in [0.3, 0.4) is 0 Å². The summed E-state index contributed by atoms with van der Waals surface area (Å²) in [6.45, 7) is 7.84. The number of rotatable bonds is 5. The maximum atomic E-state index is 12.9. The Bertz CT molecular complexity index is 983. The second kappa shape index (κ2) is 8.81. The molecule has 0 bridgehead atoms. The molecule has 1 aromatic heterocycles. The van der Waals surface area contributed by atoms with Crippen LogP contribution in [-0.4, -0.2) is 53.0 Å². The van der Waals surface area contributed by atoms with E-state index in [9.17, 15) is 4.79 Å². The Morgan fingerprint density at radius 1 is 1.31 bits per heavy atom. The van der Waals surface area contributed by atoms with Crippen LogP contribution in [0.5, 0.6) is 0 Å². The number of thiocarbonyl (C=S) groups is 1. The summed E-state index contributed by atoms with van der Waals surface area (Å²) < 4.78 is 6.17. The molecule has 0 radical (unpaired) electrons. The average Bonchev–Trinajstić information content (AvgIpc) is 2.99. The SMILES string of the molecule is CCCCN1C(=O)/C(=C/c2cc3cccc(C)c3nc2N2CCOCC2)SC1=S. The van der Waals surface area contributed by atoms with Crippen molar-refractivity contribution in [2.24, 2.45) is 0 Å². The summed E-state index contributed by atoms with van der Waals surface area (Å²) in [4.78, 5) is 22.6. The summed E-state index contributed by atoms with van der Waals surface area (Å²) >= 11 is 6.85. The molecule has 2 fully saturated rings. The number of hydrogen-bond donors (Lipinski definition) is 0. The molecule has 0 saturated carbocycles. The lowest BCUT2D eigenvalue weighted by Crippen LogP contribution is -2.37. The monoisotopic (exact) mass is 427 g/mol. The number of aryl methyl sites for hydroxylation is 1. The van der Waals surface area contributed by atoms with E-state index in [0.717, 1.165) is 53.8 Å². The third-order valence-corrected chi connectivity index (χ3v) is 6.64. The number of carbonyl (C=O) groups excluding carboxylic acids is 1. The molecule has 2 aliphatic rings. The van der Waals surface area contributed by atoms with Gasteiger partial charge in [-0.3, -0.25) is 9.69 Å². The minimum atomic E-state index is 0.00529. The molecule has 152 valence electrons. The van der Waals surface area contributed by atoms with E-state index in [1.165, 1.54) is 11.8 Å². The van der Waals surface area contributed by atoms with Gasteiger partial charge < -0.3 is 9.64 Å². The predicted molar refractivity (Wildman–Crippen MR) is 124 cm³/mol. The van der Waals surface area contributed by atoms with E-state index in [1.54, 1.807) is 4.90 Å². The molecule has 0 unspecified atom stereocenters. The molecule has 1 aromatic carbocycles. The minimum absolute atomic E-state index is 0.00529. The lowest BCUT2D eigenvalue weighted by Gasteiger charge is -2.29. The highest BCUT2D eigenvalue weighted by Crippen LogP contribution is 2.35. The summed E-state index contributed by atoms with van der Waals surface area (Å²) in [7, 11) is 0. The number of fused-ring (bicyclic) bond motifs is 1. The first kappa shape index (κ1) is 20.3. The summed E-state index contributed by atoms with van der Waals surface area (Å²) in [5.74, 6) is 0.916. The van der Waals surface area contributed by atoms with Crippen molar-refractivity contribution >= 4 is 57.0 Å². The summed E-state index contributed by atoms with van der Waals surface area (Å²) in [5.41, 5.74) is 3.11. The molecule has 4 rings (SSSR count). The first-order valence-electron chi connectivity index (χ1n) is 10.1. The zero-order chi connectivity index (χ0) is 20.4. The topological polar surface area (TPSA) is 45.7 Å². The van der Waals surface area contributed by atoms with Gasteiger partial charge in [0.2, 0.25) is 0 Å². The summed E-state index contributed by atoms with van der Waals surface area (Å²) in [5, 5.41) is 1.08. The van der Waals surface area contributed by atoms with Crippen LogP contribution in [-0.2, 0) is 9.53 Å². The Labute approximate surface area is 181 Å². The van der Waals surface area contributed by atoms with E-state index in [0.29, 0.717) is 29.0 Å². The minimum Gasteiger partial charge on any atom is -0.378 e. The van der Waals surface area contributed by atoms with E-state index in [4.69, 9.17) is 21.9 Å². The fourth-order valence-electron chi connectivity index (χ4n) is 3.64. The van der Waals surface area contributed by atoms with E-state index >= 15 is 0 Å². The standard InChI is InChI=1S/C22H25N3O2S2/c1-3-4-8-25-21(26)18(29-22(25)28)14-17-13-16-7-5-6-15(2)19(16)23-20(17)24-9-11-27-12-10-24/h5-7,13-14H,3-4,8-12H2,1-2H3/b18-14-. The highest BCUT2D eigenvalue weighted by Gasteiger charge is 2.32. The van der Waals surface area contributed by atoms with Crippen molar-refractivity contribution in [1.29, 1.82) is 0 Å². The van der Waals surface area contributed by atoms with Crippen LogP contribution >= 0.6 is 24.0 Å². The number of amides is 1. The molecule has 2 aromatic rings. The van der Waals surface area contributed by atoms with Gasteiger partial charge in [0.05, 0.1) is 23.6 Å². The van der Waals surface area contributed by atoms with Crippen LogP contribution in [0.2, 0.25) is 0 Å². The van der Waals surface area contributed by atoms with Crippen molar-refractivity contribution < 1.29 is 9.53 Å². The molecule has 0 N–H and O–H groups in total. The lowest BCUT2D eigenvalue weighted by atomic mass is 10.1. The molecule has 5 nitrogen and oxygen atoms in total. The van der Waals surface area contributed by atoms with Gasteiger partial charge in [0.15, 0.2) is 0 Å². The van der Waals surface area contributed by atoms with Gasteiger partial charge in [-0.1, -0.05) is 55.5 Å². The number of nitrogens with zero attached hydrogens (tertiary/aromatic N) is 3. The van der Waals surface area contributed by atoms with E-state index < -0.39 is 0 Å². The Kier molecular flexibility index (Phi) is 6.18. The second-order valence-corrected chi connectivity index (χ2v) is 9.01. The van der Waals surface area contributed by atoms with E-state index in [1.807, 2.05) is 12.1 Å². The number of ether oxygens (including phenoxy) is 1. The van der Waals surface area contributed by atoms with Gasteiger partial charge in [0.25, 0.3) is 5.91 Å². The molecule has 0 aliphatic carbocycles. The van der Waals surface area contributed by atoms with Gasteiger partial charge in [-0.2, -0.15) is 0 Å². The maximum absolute atomic E-state index is 12.9. The fraction of sp³-hybridized carbons (Fsp3) is 0.409. The largest absolute Gasteiger partial charge is 0.378 e. The third-order valence-electron chi connectivity index (χ3n) is 5.26. The molecular weight excluding hydrogens is 402 g/mol. The number of carbonyl (C=O) groups is 1. The van der Waals surface area contributed by atoms with Gasteiger partial charge in [-0.05, 0) is 31.1 Å². The first-order valence-corrected chi connectivity index (χ1v) is 11.3. The molecule has 1 amide bonds. The van der Waals surface area contributed by atoms with Crippen LogP contribution in [0.25, 0.3) is 17.0 Å². The number of thioether (sulfide) groups is 1. The van der Waals surface area contributed by atoms with Crippen LogP contribution in [0.15, 0.2) is 29.2 Å². The molecule has 0 spiro atoms. The Morgan fingerprint density at radius 2 is 2.10 bits per heavy atom. The van der Waals surface area contributed by atoms with E-state index in [-0.39, 0.29) is 5.91 Å². The number of benzene rings is 1. The molecule has 3 heterocycles. The molecule has 2 aliphatic heterocycles. The van der Waals surface area contributed by atoms with Crippen molar-refractivity contribution in [1.82, 2.24) is 9.88 Å². The van der Waals surface area contributed by atoms with E-state index in [2.05, 4.69) is 36.9 Å². The molecular formula is C22H25N3O2S2. The van der Waals surface area contributed by atoms with Crippen molar-refractivity contribution in [2.75, 3.05) is 37.7 Å². The smallest absolute Gasteiger partial charge is 0.266 e. The highest BCUT2D eigenvalue weighted by molar-refractivity contribution is 8.26. The Balaban J connectivity index is 1.76. The van der Waals surface area contributed by atoms with Gasteiger partial charge in [0.1, 0.15) is 10.1 Å². The van der Waals surface area contributed by atoms with Crippen LogP contribution in [0.1, 0.15) is 30.9 Å². The fourth-order valence-corrected chi connectivity index (χ4v) is 4.94. The maximum Gasteiger partial charge on any atom is 0.266 e. The number of aromatic nitrogens is 1. The zero-order valence-electron chi connectivity index (χ0n) is 16.8. The lowest BCUT2D eigenvalue weighted by molar-refractivity contribution is -0.122. The molecule has 0 atom stereocenters. The highest BCUT2D eigenvalue weighted by atomic mass is 32.2. The number of unbranched alkanes of at least 4 members (excludes halogenated alkanes) is 1. The average molecular weight is 428 g/mol. The van der Waals surface area contributed by atoms with Gasteiger partial charge in [-0.25, -0.2) is 4.98 Å². The normalized spacial score (nSPS) is 19.0. The van der Waals surface area contributed by atoms with Crippen molar-refractivity contribution in [3.05, 3.63) is 40.3 Å². The summed E-state index contributed by atoms with van der Waals surface area (Å²) in [6.07, 6.45) is 3.95. The first-order chi connectivity index (χ1) is 14.1. The summed E-state index contributed by atoms with van der Waals surface area (Å²) in [6, 6.07) is 8.33. The van der Waals surface area contributed by atoms with Gasteiger partial charge >= 0.3 is 0 Å². The number of para-hydroxylation sites is 1. The zero-order valence-corrected chi connectivity index (χ0v) is 18.4. The van der Waals surface area contributed by atoms with Crippen molar-refractivity contribution in [2.45, 2.75) is 26.7 Å². The van der Waals surface area contributed by atoms with Crippen LogP contribution in [0.4, 0.5) is 5.82 Å². The number of pyridine rings is 1. The molecule has 7 heteroatoms. The Hall–Kier alpha value is -1.96. The van der Waals surface area contributed by atoms with Crippen molar-refractivity contribution in [3.8, 4) is 0 Å².